The average molecular weight is 1250 g/mol. The predicted octanol–water partition coefficient (Wildman–Crippen LogP) is 12.3. The Morgan fingerprint density at radius 1 is 0.307 bits per heavy atom. The van der Waals surface area contributed by atoms with Crippen LogP contribution in [-0.2, 0) is 47.7 Å². The number of hydrogen-bond donors (Lipinski definition) is 4. The summed E-state index contributed by atoms with van der Waals surface area (Å²) in [6.07, 6.45) is 40.6. The second-order valence-corrected chi connectivity index (χ2v) is 25.1. The van der Waals surface area contributed by atoms with Crippen molar-refractivity contribution in [1.29, 1.82) is 0 Å². The van der Waals surface area contributed by atoms with Crippen molar-refractivity contribution >= 4 is 35.7 Å². The van der Waals surface area contributed by atoms with Crippen molar-refractivity contribution in [2.75, 3.05) is 118 Å². The zero-order valence-corrected chi connectivity index (χ0v) is 57.5. The van der Waals surface area contributed by atoms with E-state index >= 15 is 0 Å². The number of esters is 4. The SMILES string of the molecule is CCCCCCCCCCCOC(=O)CN(CCNC(=O)CCN(CCN(CCC(=O)NCCN(CC(=O)OCCCCCCCCCCC)CC(=O)OCCCCCCCCCCC)CC(C)O)CC(C)O)CC(=O)OCCCCCCCCCCC. The van der Waals surface area contributed by atoms with Crippen LogP contribution >= 0.6 is 0 Å². The van der Waals surface area contributed by atoms with E-state index in [-0.39, 0.29) is 77.0 Å². The third-order valence-corrected chi connectivity index (χ3v) is 16.0. The first kappa shape index (κ1) is 84.6. The van der Waals surface area contributed by atoms with Crippen molar-refractivity contribution in [2.24, 2.45) is 0 Å². The molecule has 518 valence electrons. The average Bonchev–Trinajstić information content (AvgIpc) is 3.64. The third kappa shape index (κ3) is 60.2. The monoisotopic (exact) mass is 1250 g/mol. The minimum Gasteiger partial charge on any atom is -0.465 e. The fourth-order valence-electron chi connectivity index (χ4n) is 10.8. The first-order valence-electron chi connectivity index (χ1n) is 36.1. The Balaban J connectivity index is 5.34. The van der Waals surface area contributed by atoms with Crippen LogP contribution in [-0.4, -0.2) is 196 Å². The number of aliphatic hydroxyl groups excluding tert-OH is 2. The van der Waals surface area contributed by atoms with Crippen LogP contribution in [0, 0.1) is 0 Å². The lowest BCUT2D eigenvalue weighted by atomic mass is 10.1. The molecule has 0 spiro atoms. The van der Waals surface area contributed by atoms with Crippen LogP contribution in [0.15, 0.2) is 0 Å². The molecule has 0 saturated heterocycles. The molecule has 88 heavy (non-hydrogen) atoms. The Morgan fingerprint density at radius 2 is 0.523 bits per heavy atom. The lowest BCUT2D eigenvalue weighted by Crippen LogP contribution is -2.44. The van der Waals surface area contributed by atoms with Crippen LogP contribution in [0.2, 0.25) is 0 Å². The van der Waals surface area contributed by atoms with Gasteiger partial charge in [0.15, 0.2) is 0 Å². The molecule has 2 unspecified atom stereocenters. The maximum atomic E-state index is 13.3. The number of carbonyl (C=O) groups is 6. The molecule has 0 aliphatic heterocycles. The van der Waals surface area contributed by atoms with E-state index in [0.29, 0.717) is 65.7 Å². The van der Waals surface area contributed by atoms with E-state index < -0.39 is 36.1 Å². The van der Waals surface area contributed by atoms with Crippen LogP contribution < -0.4 is 10.6 Å². The predicted molar refractivity (Wildman–Crippen MR) is 357 cm³/mol. The third-order valence-electron chi connectivity index (χ3n) is 16.0. The van der Waals surface area contributed by atoms with Gasteiger partial charge in [0.25, 0.3) is 0 Å². The number of nitrogens with one attached hydrogen (secondary N) is 2. The zero-order valence-electron chi connectivity index (χ0n) is 57.5. The highest BCUT2D eigenvalue weighted by atomic mass is 16.5. The molecule has 0 fully saturated rings. The molecule has 0 aromatic rings. The summed E-state index contributed by atoms with van der Waals surface area (Å²) in [5, 5.41) is 26.7. The lowest BCUT2D eigenvalue weighted by Gasteiger charge is -2.29. The van der Waals surface area contributed by atoms with Crippen molar-refractivity contribution in [3.05, 3.63) is 0 Å². The van der Waals surface area contributed by atoms with Gasteiger partial charge in [-0.05, 0) is 39.5 Å². The van der Waals surface area contributed by atoms with Gasteiger partial charge in [-0.2, -0.15) is 0 Å². The van der Waals surface area contributed by atoms with Crippen LogP contribution in [0.1, 0.15) is 286 Å². The summed E-state index contributed by atoms with van der Waals surface area (Å²) in [5.74, 6) is -2.09. The van der Waals surface area contributed by atoms with Crippen molar-refractivity contribution in [3.8, 4) is 0 Å². The van der Waals surface area contributed by atoms with Gasteiger partial charge in [0.1, 0.15) is 0 Å². The molecule has 0 radical (unpaired) electrons. The van der Waals surface area contributed by atoms with Crippen molar-refractivity contribution < 1.29 is 57.9 Å². The highest BCUT2D eigenvalue weighted by molar-refractivity contribution is 5.77. The fraction of sp³-hybridized carbons (Fsp3) is 0.914. The fourth-order valence-corrected chi connectivity index (χ4v) is 10.8. The summed E-state index contributed by atoms with van der Waals surface area (Å²) in [4.78, 5) is 85.8. The molecule has 0 aromatic carbocycles. The largest absolute Gasteiger partial charge is 0.465 e. The van der Waals surface area contributed by atoms with Crippen molar-refractivity contribution in [2.45, 2.75) is 298 Å². The zero-order chi connectivity index (χ0) is 64.8. The second kappa shape index (κ2) is 63.7. The van der Waals surface area contributed by atoms with Gasteiger partial charge in [-0.3, -0.25) is 48.4 Å². The molecule has 4 N–H and O–H groups in total. The maximum absolute atomic E-state index is 13.3. The van der Waals surface area contributed by atoms with E-state index in [1.165, 1.54) is 154 Å². The first-order valence-corrected chi connectivity index (χ1v) is 36.1. The molecule has 0 bridgehead atoms. The molecule has 0 saturated carbocycles. The van der Waals surface area contributed by atoms with Crippen LogP contribution in [0.3, 0.4) is 0 Å². The number of aliphatic hydroxyl groups is 2. The number of amides is 2. The van der Waals surface area contributed by atoms with Gasteiger partial charge in [0.05, 0.1) is 64.8 Å². The van der Waals surface area contributed by atoms with Gasteiger partial charge < -0.3 is 39.8 Å². The number of hydrogen-bond acceptors (Lipinski definition) is 16. The molecule has 0 aliphatic carbocycles. The Kier molecular flexibility index (Phi) is 61.2. The Hall–Kier alpha value is -3.42. The normalized spacial score (nSPS) is 12.3. The van der Waals surface area contributed by atoms with E-state index in [0.717, 1.165) is 77.0 Å². The molecule has 2 atom stereocenters. The van der Waals surface area contributed by atoms with Crippen molar-refractivity contribution in [1.82, 2.24) is 30.2 Å². The van der Waals surface area contributed by atoms with E-state index in [1.807, 2.05) is 9.80 Å². The molecular formula is C70H136N6O12. The topological polar surface area (TPSA) is 217 Å². The van der Waals surface area contributed by atoms with Crippen LogP contribution in [0.25, 0.3) is 0 Å². The standard InChI is InChI=1S/C70H136N6O12/c1-7-11-15-19-23-27-31-35-39-53-85-67(81)59-75(60-68(82)86-54-40-36-32-28-24-20-16-12-8-2)49-45-71-65(79)43-47-73(57-63(5)77)51-52-74(58-64(6)78)48-44-66(80)72-46-50-76(61-69(83)87-55-41-37-33-29-25-21-17-13-9-3)62-70(84)88-56-42-38-34-30-26-22-18-14-10-4/h63-64,77-78H,7-62H2,1-6H3,(H,71,79)(H,72,80). The smallest absolute Gasteiger partial charge is 0.320 e. The number of unbranched alkanes of at least 4 members (excludes halogenated alkanes) is 32. The number of nitrogens with zero attached hydrogens (tertiary/aromatic N) is 4. The summed E-state index contributed by atoms with van der Waals surface area (Å²) in [6, 6.07) is 0. The van der Waals surface area contributed by atoms with E-state index in [2.05, 4.69) is 38.3 Å². The lowest BCUT2D eigenvalue weighted by molar-refractivity contribution is -0.150. The van der Waals surface area contributed by atoms with Gasteiger partial charge in [0.2, 0.25) is 11.8 Å². The van der Waals surface area contributed by atoms with Crippen LogP contribution in [0.4, 0.5) is 0 Å². The highest BCUT2D eigenvalue weighted by Gasteiger charge is 2.21. The molecule has 0 rings (SSSR count). The minimum atomic E-state index is -0.671. The number of ether oxygens (including phenoxy) is 4. The van der Waals surface area contributed by atoms with Gasteiger partial charge in [0, 0.05) is 78.3 Å². The molecule has 18 heteroatoms. The van der Waals surface area contributed by atoms with Crippen molar-refractivity contribution in [3.63, 3.8) is 0 Å². The molecular weight excluding hydrogens is 1120 g/mol. The highest BCUT2D eigenvalue weighted by Crippen LogP contribution is 2.14. The van der Waals surface area contributed by atoms with E-state index in [9.17, 15) is 39.0 Å². The van der Waals surface area contributed by atoms with E-state index in [4.69, 9.17) is 18.9 Å². The summed E-state index contributed by atoms with van der Waals surface area (Å²) >= 11 is 0. The second-order valence-electron chi connectivity index (χ2n) is 25.1. The summed E-state index contributed by atoms with van der Waals surface area (Å²) in [5.41, 5.74) is 0. The summed E-state index contributed by atoms with van der Waals surface area (Å²) in [7, 11) is 0. The molecule has 0 aliphatic rings. The first-order chi connectivity index (χ1) is 42.7. The molecule has 0 aromatic heterocycles. The van der Waals surface area contributed by atoms with Gasteiger partial charge in [-0.25, -0.2) is 0 Å². The van der Waals surface area contributed by atoms with Gasteiger partial charge >= 0.3 is 23.9 Å². The Morgan fingerprint density at radius 3 is 0.739 bits per heavy atom. The maximum Gasteiger partial charge on any atom is 0.320 e. The minimum absolute atomic E-state index is 0.0963. The quantitative estimate of drug-likeness (QED) is 0.0253. The molecule has 18 nitrogen and oxygen atoms in total. The molecule has 0 heterocycles. The summed E-state index contributed by atoms with van der Waals surface area (Å²) in [6.45, 7) is 16.3. The molecule has 2 amide bonds. The van der Waals surface area contributed by atoms with Gasteiger partial charge in [-0.1, -0.05) is 233 Å². The number of rotatable bonds is 67. The van der Waals surface area contributed by atoms with Crippen LogP contribution in [0.5, 0.6) is 0 Å². The number of carbonyl (C=O) groups excluding carboxylic acids is 6. The Labute approximate surface area is 537 Å². The summed E-state index contributed by atoms with van der Waals surface area (Å²) < 4.78 is 22.3. The van der Waals surface area contributed by atoms with Gasteiger partial charge in [-0.15, -0.1) is 0 Å². The van der Waals surface area contributed by atoms with E-state index in [1.54, 1.807) is 23.6 Å². The Bertz CT molecular complexity index is 1450.